The van der Waals surface area contributed by atoms with Crippen molar-refractivity contribution in [3.05, 3.63) is 46.7 Å². The van der Waals surface area contributed by atoms with Gasteiger partial charge in [0.1, 0.15) is 11.5 Å². The molecule has 0 unspecified atom stereocenters. The third-order valence-corrected chi connectivity index (χ3v) is 3.67. The maximum absolute atomic E-state index is 11.6. The summed E-state index contributed by atoms with van der Waals surface area (Å²) in [6, 6.07) is 7.21. The van der Waals surface area contributed by atoms with Crippen LogP contribution in [0, 0.1) is 6.92 Å². The molecule has 1 aromatic heterocycles. The summed E-state index contributed by atoms with van der Waals surface area (Å²) < 4.78 is 42.2. The number of nitrogens with zero attached hydrogens (tertiary/aromatic N) is 1. The van der Waals surface area contributed by atoms with E-state index >= 15 is 0 Å². The first-order chi connectivity index (χ1) is 11.3. The third kappa shape index (κ3) is 5.08. The van der Waals surface area contributed by atoms with Crippen LogP contribution in [-0.4, -0.2) is 31.7 Å². The number of hydrogen-bond donors (Lipinski definition) is 1. The molecular weight excluding hydrogens is 360 g/mol. The fourth-order valence-corrected chi connectivity index (χ4v) is 2.32. The molecule has 8 nitrogen and oxygen atoms in total. The molecule has 2 aromatic rings. The zero-order valence-corrected chi connectivity index (χ0v) is 13.9. The van der Waals surface area contributed by atoms with Gasteiger partial charge >= 0.3 is 0 Å². The topological polar surface area (TPSA) is 121 Å². The summed E-state index contributed by atoms with van der Waals surface area (Å²) in [6.45, 7) is 1.51. The van der Waals surface area contributed by atoms with Crippen molar-refractivity contribution >= 4 is 33.8 Å². The van der Waals surface area contributed by atoms with E-state index in [1.807, 2.05) is 0 Å². The van der Waals surface area contributed by atoms with Gasteiger partial charge in [-0.1, -0.05) is 11.6 Å². The number of halogens is 1. The van der Waals surface area contributed by atoms with Crippen LogP contribution in [0.1, 0.15) is 11.3 Å². The van der Waals surface area contributed by atoms with Crippen molar-refractivity contribution in [1.82, 2.24) is 5.43 Å². The standard InChI is InChI=1S/C14H13ClN2O6S/c1-9-6-10(15)2-4-12(9)22-8-13(18)17-16-7-11-3-5-14(23-11)24(19,20)21/h2-7H,8H2,1H3,(H,17,18)(H,19,20,21)/p-1/b16-7+. The van der Waals surface area contributed by atoms with Gasteiger partial charge in [0, 0.05) is 5.02 Å². The van der Waals surface area contributed by atoms with E-state index in [1.165, 1.54) is 6.07 Å². The molecule has 0 bridgehead atoms. The molecule has 1 heterocycles. The lowest BCUT2D eigenvalue weighted by Gasteiger charge is -2.08. The maximum Gasteiger partial charge on any atom is 0.277 e. The predicted molar refractivity (Wildman–Crippen MR) is 84.1 cm³/mol. The highest BCUT2D eigenvalue weighted by atomic mass is 35.5. The molecule has 1 amide bonds. The van der Waals surface area contributed by atoms with E-state index in [9.17, 15) is 17.8 Å². The van der Waals surface area contributed by atoms with Gasteiger partial charge in [-0.2, -0.15) is 5.10 Å². The predicted octanol–water partition coefficient (Wildman–Crippen LogP) is 1.67. The molecule has 0 saturated heterocycles. The Hall–Kier alpha value is -2.36. The first-order valence-corrected chi connectivity index (χ1v) is 8.31. The van der Waals surface area contributed by atoms with Crippen LogP contribution in [0.4, 0.5) is 0 Å². The molecule has 0 saturated carbocycles. The van der Waals surface area contributed by atoms with Crippen LogP contribution < -0.4 is 10.2 Å². The number of nitrogens with one attached hydrogen (secondary N) is 1. The lowest BCUT2D eigenvalue weighted by molar-refractivity contribution is -0.123. The van der Waals surface area contributed by atoms with Crippen LogP contribution in [0.15, 0.2) is 44.9 Å². The second-order valence-electron chi connectivity index (χ2n) is 4.60. The number of carbonyl (C=O) groups is 1. The highest BCUT2D eigenvalue weighted by Crippen LogP contribution is 2.21. The Morgan fingerprint density at radius 2 is 2.17 bits per heavy atom. The van der Waals surface area contributed by atoms with Crippen LogP contribution in [0.25, 0.3) is 0 Å². The summed E-state index contributed by atoms with van der Waals surface area (Å²) in [5.74, 6) is -0.0297. The van der Waals surface area contributed by atoms with Crippen molar-refractivity contribution < 1.29 is 26.9 Å². The van der Waals surface area contributed by atoms with Gasteiger partial charge in [0.05, 0.1) is 6.21 Å². The summed E-state index contributed by atoms with van der Waals surface area (Å²) >= 11 is 5.82. The van der Waals surface area contributed by atoms with Crippen LogP contribution in [0.3, 0.4) is 0 Å². The molecule has 1 aromatic carbocycles. The van der Waals surface area contributed by atoms with Gasteiger partial charge in [0.15, 0.2) is 16.7 Å². The minimum Gasteiger partial charge on any atom is -0.742 e. The van der Waals surface area contributed by atoms with Gasteiger partial charge in [0.25, 0.3) is 5.91 Å². The minimum atomic E-state index is -4.66. The van der Waals surface area contributed by atoms with E-state index in [-0.39, 0.29) is 12.4 Å². The van der Waals surface area contributed by atoms with Gasteiger partial charge in [0.2, 0.25) is 5.09 Å². The van der Waals surface area contributed by atoms with E-state index in [1.54, 1.807) is 25.1 Å². The van der Waals surface area contributed by atoms with Crippen LogP contribution in [0.2, 0.25) is 5.02 Å². The molecule has 1 N–H and O–H groups in total. The molecule has 24 heavy (non-hydrogen) atoms. The molecule has 2 rings (SSSR count). The van der Waals surface area contributed by atoms with Crippen molar-refractivity contribution in [3.63, 3.8) is 0 Å². The number of furan rings is 1. The Morgan fingerprint density at radius 3 is 2.79 bits per heavy atom. The Bertz CT molecular complexity index is 875. The molecular formula is C14H12ClN2O6S-. The van der Waals surface area contributed by atoms with E-state index in [0.29, 0.717) is 10.8 Å². The summed E-state index contributed by atoms with van der Waals surface area (Å²) in [5.41, 5.74) is 2.95. The second kappa shape index (κ2) is 7.47. The first kappa shape index (κ1) is 18.0. The van der Waals surface area contributed by atoms with E-state index in [0.717, 1.165) is 17.8 Å². The van der Waals surface area contributed by atoms with Crippen molar-refractivity contribution in [3.8, 4) is 5.75 Å². The molecule has 0 fully saturated rings. The van der Waals surface area contributed by atoms with Crippen LogP contribution in [-0.2, 0) is 14.9 Å². The fourth-order valence-electron chi connectivity index (χ4n) is 1.66. The van der Waals surface area contributed by atoms with Gasteiger partial charge in [-0.15, -0.1) is 0 Å². The van der Waals surface area contributed by atoms with Gasteiger partial charge in [-0.05, 0) is 42.8 Å². The Balaban J connectivity index is 1.85. The number of rotatable bonds is 6. The Labute approximate surface area is 142 Å². The van der Waals surface area contributed by atoms with Crippen molar-refractivity contribution in [2.45, 2.75) is 12.0 Å². The molecule has 0 aliphatic rings. The van der Waals surface area contributed by atoms with Crippen LogP contribution >= 0.6 is 11.6 Å². The molecule has 0 radical (unpaired) electrons. The second-order valence-corrected chi connectivity index (χ2v) is 6.35. The molecule has 0 aliphatic carbocycles. The SMILES string of the molecule is Cc1cc(Cl)ccc1OCC(=O)N/N=C/c1ccc(S(=O)(=O)[O-])o1. The zero-order chi connectivity index (χ0) is 17.7. The van der Waals surface area contributed by atoms with Gasteiger partial charge in [-0.3, -0.25) is 4.79 Å². The third-order valence-electron chi connectivity index (χ3n) is 2.73. The maximum atomic E-state index is 11.6. The average molecular weight is 372 g/mol. The Kier molecular flexibility index (Phi) is 5.60. The van der Waals surface area contributed by atoms with E-state index in [2.05, 4.69) is 10.5 Å². The van der Waals surface area contributed by atoms with E-state index < -0.39 is 21.1 Å². The highest BCUT2D eigenvalue weighted by molar-refractivity contribution is 7.85. The number of hydrogen-bond acceptors (Lipinski definition) is 7. The number of carbonyl (C=O) groups excluding carboxylic acids is 1. The molecule has 0 aliphatic heterocycles. The summed E-state index contributed by atoms with van der Waals surface area (Å²) in [6.07, 6.45) is 1.06. The quantitative estimate of drug-likeness (QED) is 0.468. The first-order valence-electron chi connectivity index (χ1n) is 6.52. The number of hydrazone groups is 1. The number of ether oxygens (including phenoxy) is 1. The lowest BCUT2D eigenvalue weighted by Crippen LogP contribution is -2.24. The van der Waals surface area contributed by atoms with Crippen molar-refractivity contribution in [2.24, 2.45) is 5.10 Å². The van der Waals surface area contributed by atoms with Crippen molar-refractivity contribution in [1.29, 1.82) is 0 Å². The van der Waals surface area contributed by atoms with E-state index in [4.69, 9.17) is 20.8 Å². The fraction of sp³-hybridized carbons (Fsp3) is 0.143. The molecule has 0 atom stereocenters. The molecule has 128 valence electrons. The number of benzene rings is 1. The summed E-state index contributed by atoms with van der Waals surface area (Å²) in [5, 5.41) is 3.41. The summed E-state index contributed by atoms with van der Waals surface area (Å²) in [4.78, 5) is 11.6. The average Bonchev–Trinajstić information content (AvgIpc) is 2.95. The normalized spacial score (nSPS) is 11.6. The highest BCUT2D eigenvalue weighted by Gasteiger charge is 2.07. The zero-order valence-electron chi connectivity index (χ0n) is 12.4. The van der Waals surface area contributed by atoms with Gasteiger partial charge in [-0.25, -0.2) is 13.8 Å². The van der Waals surface area contributed by atoms with Crippen molar-refractivity contribution in [2.75, 3.05) is 6.61 Å². The minimum absolute atomic E-state index is 0.000751. The lowest BCUT2D eigenvalue weighted by atomic mass is 10.2. The largest absolute Gasteiger partial charge is 0.742 e. The summed E-state index contributed by atoms with van der Waals surface area (Å²) in [7, 11) is -4.66. The number of aryl methyl sites for hydroxylation is 1. The molecule has 0 spiro atoms. The molecule has 10 heteroatoms. The van der Waals surface area contributed by atoms with Gasteiger partial charge < -0.3 is 13.7 Å². The van der Waals surface area contributed by atoms with Crippen LogP contribution in [0.5, 0.6) is 5.75 Å². The monoisotopic (exact) mass is 371 g/mol. The number of amides is 1. The smallest absolute Gasteiger partial charge is 0.277 e. The Morgan fingerprint density at radius 1 is 1.42 bits per heavy atom.